The Morgan fingerprint density at radius 2 is 1.65 bits per heavy atom. The van der Waals surface area contributed by atoms with Gasteiger partial charge < -0.3 is 4.74 Å². The van der Waals surface area contributed by atoms with Gasteiger partial charge in [-0.05, 0) is 41.0 Å². The monoisotopic (exact) mass is 354 g/mol. The number of benzene rings is 2. The molecule has 4 rings (SSSR count). The van der Waals surface area contributed by atoms with Gasteiger partial charge in [-0.15, -0.1) is 0 Å². The van der Waals surface area contributed by atoms with Gasteiger partial charge in [0.05, 0.1) is 5.56 Å². The number of hydrogen-bond donors (Lipinski definition) is 0. The van der Waals surface area contributed by atoms with Crippen LogP contribution < -0.4 is 0 Å². The third-order valence-corrected chi connectivity index (χ3v) is 4.39. The van der Waals surface area contributed by atoms with E-state index in [4.69, 9.17) is 4.74 Å². The second-order valence-corrected chi connectivity index (χ2v) is 6.05. The van der Waals surface area contributed by atoms with Crippen molar-refractivity contribution < 1.29 is 22.7 Å². The fraction of sp³-hybridized carbons (Fsp3) is 0.0952. The summed E-state index contributed by atoms with van der Waals surface area (Å²) in [4.78, 5) is 11.7. The number of ketones is 1. The summed E-state index contributed by atoms with van der Waals surface area (Å²) >= 11 is 0. The van der Waals surface area contributed by atoms with Crippen LogP contribution in [0.4, 0.5) is 13.2 Å². The van der Waals surface area contributed by atoms with E-state index >= 15 is 0 Å². The average Bonchev–Trinajstić information content (AvgIpc) is 2.78. The van der Waals surface area contributed by atoms with Crippen molar-refractivity contribution in [3.05, 3.63) is 100 Å². The lowest BCUT2D eigenvalue weighted by Gasteiger charge is -2.16. The molecule has 0 spiro atoms. The van der Waals surface area contributed by atoms with E-state index in [-0.39, 0.29) is 12.4 Å². The molecule has 0 unspecified atom stereocenters. The zero-order chi connectivity index (χ0) is 18.3. The largest absolute Gasteiger partial charge is 0.488 e. The number of fused-ring (bicyclic) bond motifs is 2. The minimum atomic E-state index is -4.39. The van der Waals surface area contributed by atoms with Gasteiger partial charge in [-0.2, -0.15) is 13.2 Å². The standard InChI is InChI=1S/C21H13F3O2/c22-21(23,24)15-7-5-13(6-8-15)20-17-4-2-1-3-14(17)12-26-19-11-16(25)9-10-18(19)20/h1-11H,12H2. The normalized spacial score (nSPS) is 16.4. The molecule has 1 aliphatic carbocycles. The Labute approximate surface area is 147 Å². The first-order valence-electron chi connectivity index (χ1n) is 8.00. The van der Waals surface area contributed by atoms with E-state index < -0.39 is 11.7 Å². The molecule has 0 amide bonds. The smallest absolute Gasteiger partial charge is 0.416 e. The van der Waals surface area contributed by atoms with E-state index in [1.807, 2.05) is 24.3 Å². The first-order valence-corrected chi connectivity index (χ1v) is 8.00. The van der Waals surface area contributed by atoms with Crippen molar-refractivity contribution in [1.29, 1.82) is 0 Å². The Balaban J connectivity index is 1.94. The van der Waals surface area contributed by atoms with Gasteiger partial charge in [0.1, 0.15) is 12.4 Å². The van der Waals surface area contributed by atoms with Gasteiger partial charge in [-0.25, -0.2) is 0 Å². The van der Waals surface area contributed by atoms with Crippen molar-refractivity contribution in [3.63, 3.8) is 0 Å². The molecule has 0 fully saturated rings. The second-order valence-electron chi connectivity index (χ2n) is 6.05. The molecule has 0 saturated carbocycles. The summed E-state index contributed by atoms with van der Waals surface area (Å²) in [7, 11) is 0. The number of halogens is 3. The molecule has 0 N–H and O–H groups in total. The second kappa shape index (κ2) is 6.02. The maximum absolute atomic E-state index is 12.9. The number of allylic oxidation sites excluding steroid dienone is 3. The van der Waals surface area contributed by atoms with Crippen LogP contribution in [0.3, 0.4) is 0 Å². The third kappa shape index (κ3) is 2.86. The van der Waals surface area contributed by atoms with Gasteiger partial charge in [0.2, 0.25) is 0 Å². The molecular weight excluding hydrogens is 341 g/mol. The van der Waals surface area contributed by atoms with Crippen LogP contribution in [0.1, 0.15) is 22.3 Å². The van der Waals surface area contributed by atoms with Gasteiger partial charge in [-0.1, -0.05) is 36.4 Å². The first-order chi connectivity index (χ1) is 12.4. The summed E-state index contributed by atoms with van der Waals surface area (Å²) in [5.74, 6) is 0.255. The van der Waals surface area contributed by atoms with Crippen LogP contribution in [0, 0.1) is 0 Å². The van der Waals surface area contributed by atoms with E-state index in [1.54, 1.807) is 6.08 Å². The van der Waals surface area contributed by atoms with Crippen LogP contribution in [0.25, 0.3) is 5.57 Å². The summed E-state index contributed by atoms with van der Waals surface area (Å²) in [5, 5.41) is 0. The van der Waals surface area contributed by atoms with Crippen molar-refractivity contribution in [2.45, 2.75) is 12.8 Å². The van der Waals surface area contributed by atoms with Gasteiger partial charge >= 0.3 is 6.18 Å². The Kier molecular flexibility index (Phi) is 3.80. The van der Waals surface area contributed by atoms with E-state index in [0.717, 1.165) is 28.8 Å². The summed E-state index contributed by atoms with van der Waals surface area (Å²) in [6, 6.07) is 12.6. The Hall–Kier alpha value is -3.08. The van der Waals surface area contributed by atoms with Crippen LogP contribution in [-0.2, 0) is 22.3 Å². The molecule has 2 aliphatic rings. The van der Waals surface area contributed by atoms with Crippen molar-refractivity contribution in [3.8, 4) is 0 Å². The van der Waals surface area contributed by atoms with Crippen LogP contribution in [-0.4, -0.2) is 5.78 Å². The number of rotatable bonds is 1. The summed E-state index contributed by atoms with van der Waals surface area (Å²) in [6.45, 7) is 0.288. The molecule has 0 saturated heterocycles. The van der Waals surface area contributed by atoms with Crippen molar-refractivity contribution in [2.75, 3.05) is 0 Å². The number of hydrogen-bond acceptors (Lipinski definition) is 2. The lowest BCUT2D eigenvalue weighted by molar-refractivity contribution is -0.137. The van der Waals surface area contributed by atoms with Gasteiger partial charge in [0.25, 0.3) is 0 Å². The van der Waals surface area contributed by atoms with Crippen LogP contribution in [0.15, 0.2) is 78.1 Å². The van der Waals surface area contributed by atoms with Gasteiger partial charge in [-0.3, -0.25) is 4.79 Å². The summed E-state index contributed by atoms with van der Waals surface area (Å²) in [6.07, 6.45) is 0.112. The molecule has 0 radical (unpaired) electrons. The quantitative estimate of drug-likeness (QED) is 0.715. The average molecular weight is 354 g/mol. The lowest BCUT2D eigenvalue weighted by Crippen LogP contribution is -2.05. The molecule has 1 heterocycles. The molecule has 130 valence electrons. The highest BCUT2D eigenvalue weighted by molar-refractivity contribution is 6.04. The first kappa shape index (κ1) is 16.4. The summed E-state index contributed by atoms with van der Waals surface area (Å²) in [5.41, 5.74) is 3.16. The van der Waals surface area contributed by atoms with Crippen molar-refractivity contribution in [2.24, 2.45) is 0 Å². The van der Waals surface area contributed by atoms with Gasteiger partial charge in [0.15, 0.2) is 5.78 Å². The Morgan fingerprint density at radius 3 is 2.38 bits per heavy atom. The molecule has 0 atom stereocenters. The summed E-state index contributed by atoms with van der Waals surface area (Å²) < 4.78 is 44.4. The molecule has 2 nitrogen and oxygen atoms in total. The maximum Gasteiger partial charge on any atom is 0.416 e. The van der Waals surface area contributed by atoms with E-state index in [1.165, 1.54) is 24.3 Å². The molecule has 5 heteroatoms. The molecule has 2 aromatic carbocycles. The number of alkyl halides is 3. The zero-order valence-corrected chi connectivity index (χ0v) is 13.5. The highest BCUT2D eigenvalue weighted by Gasteiger charge is 2.30. The van der Waals surface area contributed by atoms with E-state index in [9.17, 15) is 18.0 Å². The minimum Gasteiger partial charge on any atom is -0.488 e. The van der Waals surface area contributed by atoms with Crippen molar-refractivity contribution >= 4 is 11.4 Å². The zero-order valence-electron chi connectivity index (χ0n) is 13.5. The van der Waals surface area contributed by atoms with Crippen LogP contribution in [0.5, 0.6) is 0 Å². The van der Waals surface area contributed by atoms with E-state index in [2.05, 4.69) is 0 Å². The highest BCUT2D eigenvalue weighted by Crippen LogP contribution is 2.39. The highest BCUT2D eigenvalue weighted by atomic mass is 19.4. The predicted molar refractivity (Wildman–Crippen MR) is 90.9 cm³/mol. The molecular formula is C21H13F3O2. The van der Waals surface area contributed by atoms with Crippen LogP contribution >= 0.6 is 0 Å². The molecule has 0 bridgehead atoms. The maximum atomic E-state index is 12.9. The molecule has 1 aliphatic heterocycles. The topological polar surface area (TPSA) is 26.3 Å². The minimum absolute atomic E-state index is 0.179. The number of carbonyl (C=O) groups excluding carboxylic acids is 1. The Bertz CT molecular complexity index is 977. The number of ether oxygens (including phenoxy) is 1. The SMILES string of the molecule is O=C1C=CC2=C(c3ccc(C(F)(F)F)cc3)c3ccccc3COC2=C1. The Morgan fingerprint density at radius 1 is 0.923 bits per heavy atom. The number of carbonyl (C=O) groups is 1. The fourth-order valence-electron chi connectivity index (χ4n) is 3.16. The molecule has 26 heavy (non-hydrogen) atoms. The van der Waals surface area contributed by atoms with Crippen molar-refractivity contribution in [1.82, 2.24) is 0 Å². The molecule has 0 aromatic heterocycles. The molecule has 2 aromatic rings. The van der Waals surface area contributed by atoms with E-state index in [0.29, 0.717) is 16.9 Å². The third-order valence-electron chi connectivity index (χ3n) is 4.39. The lowest BCUT2D eigenvalue weighted by atomic mass is 9.88. The van der Waals surface area contributed by atoms with Gasteiger partial charge in [0, 0.05) is 17.2 Å². The van der Waals surface area contributed by atoms with Crippen LogP contribution in [0.2, 0.25) is 0 Å². The fourth-order valence-corrected chi connectivity index (χ4v) is 3.16. The predicted octanol–water partition coefficient (Wildman–Crippen LogP) is 5.06.